The van der Waals surface area contributed by atoms with Crippen LogP contribution in [0.4, 0.5) is 4.39 Å². The van der Waals surface area contributed by atoms with Gasteiger partial charge in [0.05, 0.1) is 38.4 Å². The third-order valence-electron chi connectivity index (χ3n) is 8.39. The highest BCUT2D eigenvalue weighted by Gasteiger charge is 2.27. The van der Waals surface area contributed by atoms with Crippen LogP contribution >= 0.6 is 11.6 Å². The van der Waals surface area contributed by atoms with Crippen molar-refractivity contribution in [2.24, 2.45) is 0 Å². The number of methoxy groups -OCH3 is 1. The van der Waals surface area contributed by atoms with Crippen molar-refractivity contribution in [3.63, 3.8) is 0 Å². The molecule has 2 aromatic heterocycles. The van der Waals surface area contributed by atoms with Gasteiger partial charge in [-0.3, -0.25) is 4.90 Å². The van der Waals surface area contributed by atoms with Crippen LogP contribution in [0, 0.1) is 17.7 Å². The van der Waals surface area contributed by atoms with E-state index in [9.17, 15) is 9.18 Å². The van der Waals surface area contributed by atoms with E-state index in [1.807, 2.05) is 18.2 Å². The molecule has 2 aliphatic rings. The topological polar surface area (TPSA) is 87.9 Å². The van der Waals surface area contributed by atoms with Crippen LogP contribution < -0.4 is 9.47 Å². The molecule has 9 nitrogen and oxygen atoms in total. The van der Waals surface area contributed by atoms with E-state index in [-0.39, 0.29) is 25.2 Å². The molecule has 2 aliphatic heterocycles. The number of carbonyl (C=O) groups excluding carboxylic acids is 1. The number of fused-ring (bicyclic) bond motifs is 1. The first-order valence-corrected chi connectivity index (χ1v) is 15.9. The number of pyridine rings is 1. The fraction of sp³-hybridized carbons (Fsp3) is 0.400. The SMILES string of the molecule is CCOC(=O)C#Cc1cc(OC)c2nc(CN3CCC(c4cccc(OCc5ccc(Cl)cc5F)n4)CC3)n(C[C@@H]3CCO3)c2c1. The summed E-state index contributed by atoms with van der Waals surface area (Å²) in [6, 6.07) is 14.1. The molecule has 0 bridgehead atoms. The predicted octanol–water partition coefficient (Wildman–Crippen LogP) is 5.89. The molecule has 0 radical (unpaired) electrons. The normalized spacial score (nSPS) is 16.8. The van der Waals surface area contributed by atoms with E-state index in [0.717, 1.165) is 61.5 Å². The maximum atomic E-state index is 14.2. The Labute approximate surface area is 272 Å². The minimum Gasteiger partial charge on any atom is -0.494 e. The lowest BCUT2D eigenvalue weighted by Crippen LogP contribution is -2.35. The minimum absolute atomic E-state index is 0.0784. The van der Waals surface area contributed by atoms with Crippen molar-refractivity contribution in [1.29, 1.82) is 0 Å². The highest BCUT2D eigenvalue weighted by atomic mass is 35.5. The van der Waals surface area contributed by atoms with Crippen LogP contribution in [0.2, 0.25) is 5.02 Å². The lowest BCUT2D eigenvalue weighted by Gasteiger charge is -2.32. The van der Waals surface area contributed by atoms with Crippen LogP contribution in [0.5, 0.6) is 11.6 Å². The first-order valence-electron chi connectivity index (χ1n) is 15.5. The van der Waals surface area contributed by atoms with Gasteiger partial charge in [0, 0.05) is 46.4 Å². The van der Waals surface area contributed by atoms with E-state index in [2.05, 4.69) is 21.3 Å². The van der Waals surface area contributed by atoms with E-state index in [1.165, 1.54) is 6.07 Å². The molecule has 2 fully saturated rings. The van der Waals surface area contributed by atoms with Gasteiger partial charge in [-0.1, -0.05) is 29.7 Å². The van der Waals surface area contributed by atoms with Crippen LogP contribution in [-0.2, 0) is 34.0 Å². The summed E-state index contributed by atoms with van der Waals surface area (Å²) in [6.45, 7) is 5.97. The Balaban J connectivity index is 1.15. The average Bonchev–Trinajstić information content (AvgIpc) is 3.38. The minimum atomic E-state index is -0.565. The molecule has 6 rings (SSSR count). The fourth-order valence-electron chi connectivity index (χ4n) is 5.83. The molecule has 11 heteroatoms. The third-order valence-corrected chi connectivity index (χ3v) is 8.62. The second-order valence-electron chi connectivity index (χ2n) is 11.4. The van der Waals surface area contributed by atoms with Crippen LogP contribution in [0.1, 0.15) is 54.7 Å². The molecule has 0 saturated carbocycles. The standard InChI is InChI=1S/C35H36ClFN4O5/c1-3-44-34(42)10-7-23-17-30-35(31(18-23)43-2)39-32(41(30)20-27-13-16-45-27)21-40-14-11-24(12-15-40)29-5-4-6-33(38-29)46-22-25-8-9-26(36)19-28(25)37/h4-6,8-9,17-19,24,27H,3,11-16,20-22H2,1-2H3/t27-/m0/s1. The van der Waals surface area contributed by atoms with Crippen LogP contribution in [0.15, 0.2) is 48.5 Å². The second-order valence-corrected chi connectivity index (χ2v) is 11.8. The molecular formula is C35H36ClFN4O5. The lowest BCUT2D eigenvalue weighted by molar-refractivity contribution is -0.136. The number of nitrogens with zero attached hydrogens (tertiary/aromatic N) is 4. The Morgan fingerprint density at radius 3 is 2.67 bits per heavy atom. The summed E-state index contributed by atoms with van der Waals surface area (Å²) in [5.41, 5.74) is 3.71. The number of halogens is 2. The van der Waals surface area contributed by atoms with Crippen LogP contribution in [0.3, 0.4) is 0 Å². The van der Waals surface area contributed by atoms with E-state index >= 15 is 0 Å². The number of imidazole rings is 1. The quantitative estimate of drug-likeness (QED) is 0.156. The highest BCUT2D eigenvalue weighted by molar-refractivity contribution is 6.30. The molecule has 2 aromatic carbocycles. The second kappa shape index (κ2) is 14.5. The van der Waals surface area contributed by atoms with Crippen molar-refractivity contribution in [2.45, 2.75) is 57.9 Å². The monoisotopic (exact) mass is 646 g/mol. The molecular weight excluding hydrogens is 611 g/mol. The van der Waals surface area contributed by atoms with E-state index < -0.39 is 11.8 Å². The molecule has 46 heavy (non-hydrogen) atoms. The van der Waals surface area contributed by atoms with Gasteiger partial charge in [0.15, 0.2) is 0 Å². The van der Waals surface area contributed by atoms with Crippen molar-refractivity contribution in [1.82, 2.24) is 19.4 Å². The van der Waals surface area contributed by atoms with Crippen LogP contribution in [0.25, 0.3) is 11.0 Å². The summed E-state index contributed by atoms with van der Waals surface area (Å²) in [6.07, 6.45) is 2.99. The Hall–Kier alpha value is -4.17. The number of piperidine rings is 1. The largest absolute Gasteiger partial charge is 0.494 e. The molecule has 4 aromatic rings. The van der Waals surface area contributed by atoms with E-state index in [4.69, 9.17) is 40.5 Å². The van der Waals surface area contributed by atoms with E-state index in [0.29, 0.717) is 40.9 Å². The Morgan fingerprint density at radius 2 is 1.96 bits per heavy atom. The fourth-order valence-corrected chi connectivity index (χ4v) is 5.99. The number of benzene rings is 2. The van der Waals surface area contributed by atoms with E-state index in [1.54, 1.807) is 38.3 Å². The van der Waals surface area contributed by atoms with Crippen molar-refractivity contribution < 1.29 is 28.1 Å². The summed E-state index contributed by atoms with van der Waals surface area (Å²) in [5, 5.41) is 0.351. The Bertz CT molecular complexity index is 1770. The molecule has 2 saturated heterocycles. The summed E-state index contributed by atoms with van der Waals surface area (Å²) in [4.78, 5) is 24.1. The van der Waals surface area contributed by atoms with Crippen LogP contribution in [-0.4, -0.2) is 64.9 Å². The van der Waals surface area contributed by atoms with Gasteiger partial charge in [-0.15, -0.1) is 0 Å². The number of hydrogen-bond acceptors (Lipinski definition) is 8. The summed E-state index contributed by atoms with van der Waals surface area (Å²) in [7, 11) is 1.61. The highest BCUT2D eigenvalue weighted by Crippen LogP contribution is 2.32. The number of esters is 1. The molecule has 1 atom stereocenters. The summed E-state index contributed by atoms with van der Waals surface area (Å²) < 4.78 is 38.7. The molecule has 0 spiro atoms. The third kappa shape index (κ3) is 7.44. The molecule has 4 heterocycles. The molecule has 0 N–H and O–H groups in total. The van der Waals surface area contributed by atoms with Crippen molar-refractivity contribution in [3.8, 4) is 23.5 Å². The van der Waals surface area contributed by atoms with Gasteiger partial charge >= 0.3 is 5.97 Å². The number of hydrogen-bond donors (Lipinski definition) is 0. The molecule has 0 aliphatic carbocycles. The molecule has 240 valence electrons. The number of aromatic nitrogens is 3. The molecule has 0 amide bonds. The number of carbonyl (C=O) groups is 1. The van der Waals surface area contributed by atoms with Gasteiger partial charge in [-0.2, -0.15) is 0 Å². The predicted molar refractivity (Wildman–Crippen MR) is 171 cm³/mol. The van der Waals surface area contributed by atoms with Gasteiger partial charge in [0.25, 0.3) is 0 Å². The van der Waals surface area contributed by atoms with Crippen molar-refractivity contribution in [2.75, 3.05) is 33.4 Å². The van der Waals surface area contributed by atoms with Crippen molar-refractivity contribution >= 4 is 28.6 Å². The Morgan fingerprint density at radius 1 is 1.13 bits per heavy atom. The summed E-state index contributed by atoms with van der Waals surface area (Å²) in [5.74, 6) is 6.80. The smallest absolute Gasteiger partial charge is 0.384 e. The number of rotatable bonds is 10. The Kier molecular flexibility index (Phi) is 10.0. The van der Waals surface area contributed by atoms with Gasteiger partial charge < -0.3 is 23.5 Å². The number of likely N-dealkylation sites (tertiary alicyclic amines) is 1. The zero-order valence-electron chi connectivity index (χ0n) is 25.9. The summed E-state index contributed by atoms with van der Waals surface area (Å²) >= 11 is 5.87. The number of ether oxygens (including phenoxy) is 4. The van der Waals surface area contributed by atoms with Gasteiger partial charge in [-0.05, 0) is 69.6 Å². The van der Waals surface area contributed by atoms with Crippen molar-refractivity contribution in [3.05, 3.63) is 82.0 Å². The van der Waals surface area contributed by atoms with Gasteiger partial charge in [0.2, 0.25) is 5.88 Å². The van der Waals surface area contributed by atoms with Gasteiger partial charge in [-0.25, -0.2) is 19.2 Å². The lowest BCUT2D eigenvalue weighted by atomic mass is 9.93. The molecule has 0 unspecified atom stereocenters. The maximum absolute atomic E-state index is 14.2. The van der Waals surface area contributed by atoms with Gasteiger partial charge in [0.1, 0.15) is 29.5 Å². The average molecular weight is 647 g/mol. The first-order chi connectivity index (χ1) is 22.4. The zero-order chi connectivity index (χ0) is 32.0. The maximum Gasteiger partial charge on any atom is 0.384 e. The zero-order valence-corrected chi connectivity index (χ0v) is 26.7. The first kappa shape index (κ1) is 31.8.